The van der Waals surface area contributed by atoms with Gasteiger partial charge in [-0.05, 0) is 43.4 Å². The summed E-state index contributed by atoms with van der Waals surface area (Å²) >= 11 is 0. The Labute approximate surface area is 133 Å². The lowest BCUT2D eigenvalue weighted by Gasteiger charge is -2.47. The lowest BCUT2D eigenvalue weighted by molar-refractivity contribution is 0.0380. The van der Waals surface area contributed by atoms with E-state index in [9.17, 15) is 0 Å². The van der Waals surface area contributed by atoms with Crippen molar-refractivity contribution in [3.63, 3.8) is 0 Å². The molecule has 0 aromatic carbocycles. The van der Waals surface area contributed by atoms with E-state index >= 15 is 0 Å². The summed E-state index contributed by atoms with van der Waals surface area (Å²) in [5, 5.41) is 3.84. The number of hydrogen-bond acceptors (Lipinski definition) is 2. The zero-order valence-electron chi connectivity index (χ0n) is 15.1. The minimum absolute atomic E-state index is 0.714. The van der Waals surface area contributed by atoms with Crippen LogP contribution in [0.2, 0.25) is 0 Å². The molecule has 4 unspecified atom stereocenters. The van der Waals surface area contributed by atoms with Gasteiger partial charge in [0.2, 0.25) is 0 Å². The van der Waals surface area contributed by atoms with Gasteiger partial charge in [0, 0.05) is 31.2 Å². The zero-order chi connectivity index (χ0) is 15.4. The largest absolute Gasteiger partial charge is 0.311 e. The quantitative estimate of drug-likeness (QED) is 0.813. The minimum Gasteiger partial charge on any atom is -0.311 e. The second-order valence-electron chi connectivity index (χ2n) is 8.64. The third kappa shape index (κ3) is 5.25. The first kappa shape index (κ1) is 17.3. The molecule has 1 N–H and O–H groups in total. The van der Waals surface area contributed by atoms with Gasteiger partial charge in [0.15, 0.2) is 0 Å². The Kier molecular flexibility index (Phi) is 6.55. The van der Waals surface area contributed by atoms with Gasteiger partial charge < -0.3 is 5.32 Å². The van der Waals surface area contributed by atoms with Crippen LogP contribution >= 0.6 is 0 Å². The molecule has 1 saturated heterocycles. The number of nitrogens with zero attached hydrogens (tertiary/aromatic N) is 1. The smallest absolute Gasteiger partial charge is 0.0226 e. The molecule has 2 heteroatoms. The van der Waals surface area contributed by atoms with Crippen molar-refractivity contribution in [3.8, 4) is 0 Å². The average molecular weight is 295 g/mol. The Balaban J connectivity index is 2.01. The normalized spacial score (nSPS) is 35.6. The van der Waals surface area contributed by atoms with Crippen LogP contribution in [0.3, 0.4) is 0 Å². The van der Waals surface area contributed by atoms with Crippen LogP contribution < -0.4 is 5.32 Å². The lowest BCUT2D eigenvalue weighted by Crippen LogP contribution is -2.60. The molecule has 0 bridgehead atoms. The van der Waals surface area contributed by atoms with E-state index in [0.29, 0.717) is 6.04 Å². The van der Waals surface area contributed by atoms with Crippen molar-refractivity contribution in [1.29, 1.82) is 0 Å². The fourth-order valence-corrected chi connectivity index (χ4v) is 4.53. The van der Waals surface area contributed by atoms with E-state index in [0.717, 1.165) is 29.8 Å². The van der Waals surface area contributed by atoms with Crippen molar-refractivity contribution in [2.24, 2.45) is 17.8 Å². The number of piperazine rings is 1. The first-order valence-corrected chi connectivity index (χ1v) is 9.44. The van der Waals surface area contributed by atoms with Crippen molar-refractivity contribution >= 4 is 0 Å². The topological polar surface area (TPSA) is 15.3 Å². The maximum absolute atomic E-state index is 3.84. The van der Waals surface area contributed by atoms with E-state index in [-0.39, 0.29) is 0 Å². The first-order chi connectivity index (χ1) is 9.95. The molecule has 2 fully saturated rings. The van der Waals surface area contributed by atoms with Crippen LogP contribution in [0, 0.1) is 17.8 Å². The van der Waals surface area contributed by atoms with Crippen LogP contribution in [0.5, 0.6) is 0 Å². The van der Waals surface area contributed by atoms with Crippen molar-refractivity contribution in [3.05, 3.63) is 0 Å². The molecule has 0 aromatic rings. The summed E-state index contributed by atoms with van der Waals surface area (Å²) < 4.78 is 0. The minimum atomic E-state index is 0.714. The van der Waals surface area contributed by atoms with Crippen LogP contribution in [0.4, 0.5) is 0 Å². The van der Waals surface area contributed by atoms with Gasteiger partial charge in [-0.3, -0.25) is 4.90 Å². The number of nitrogens with one attached hydrogen (secondary N) is 1. The van der Waals surface area contributed by atoms with Crippen LogP contribution in [-0.4, -0.2) is 36.1 Å². The molecule has 0 amide bonds. The number of hydrogen-bond donors (Lipinski definition) is 1. The Morgan fingerprint density at radius 1 is 1.05 bits per heavy atom. The Morgan fingerprint density at radius 3 is 2.38 bits per heavy atom. The van der Waals surface area contributed by atoms with E-state index in [1.54, 1.807) is 0 Å². The summed E-state index contributed by atoms with van der Waals surface area (Å²) in [4.78, 5) is 2.92. The highest BCUT2D eigenvalue weighted by molar-refractivity contribution is 4.92. The molecule has 4 atom stereocenters. The van der Waals surface area contributed by atoms with Crippen LogP contribution in [0.25, 0.3) is 0 Å². The molecule has 1 aliphatic heterocycles. The molecule has 0 spiro atoms. The van der Waals surface area contributed by atoms with Gasteiger partial charge in [-0.1, -0.05) is 47.5 Å². The van der Waals surface area contributed by atoms with Gasteiger partial charge in [0.1, 0.15) is 0 Å². The van der Waals surface area contributed by atoms with E-state index in [1.165, 1.54) is 51.6 Å². The molecule has 1 aliphatic carbocycles. The first-order valence-electron chi connectivity index (χ1n) is 9.44. The third-order valence-electron chi connectivity index (χ3n) is 5.42. The van der Waals surface area contributed by atoms with Crippen LogP contribution in [0.15, 0.2) is 0 Å². The van der Waals surface area contributed by atoms with E-state index in [4.69, 9.17) is 0 Å². The second kappa shape index (κ2) is 7.97. The monoisotopic (exact) mass is 294 g/mol. The Hall–Kier alpha value is -0.0800. The van der Waals surface area contributed by atoms with Gasteiger partial charge in [-0.2, -0.15) is 0 Å². The maximum Gasteiger partial charge on any atom is 0.0226 e. The summed E-state index contributed by atoms with van der Waals surface area (Å²) in [6.07, 6.45) is 8.45. The third-order valence-corrected chi connectivity index (χ3v) is 5.42. The Morgan fingerprint density at radius 2 is 1.76 bits per heavy atom. The predicted octanol–water partition coefficient (Wildman–Crippen LogP) is 4.30. The predicted molar refractivity (Wildman–Crippen MR) is 92.6 cm³/mol. The average Bonchev–Trinajstić information content (AvgIpc) is 2.39. The van der Waals surface area contributed by atoms with Crippen LogP contribution in [-0.2, 0) is 0 Å². The van der Waals surface area contributed by atoms with Gasteiger partial charge in [0.05, 0.1) is 0 Å². The molecule has 1 saturated carbocycles. The highest BCUT2D eigenvalue weighted by Crippen LogP contribution is 2.31. The summed E-state index contributed by atoms with van der Waals surface area (Å²) in [6.45, 7) is 14.4. The molecule has 0 aromatic heterocycles. The molecule has 124 valence electrons. The maximum atomic E-state index is 3.84. The molecule has 2 rings (SSSR count). The summed E-state index contributed by atoms with van der Waals surface area (Å²) in [5.41, 5.74) is 0. The molecule has 0 radical (unpaired) electrons. The summed E-state index contributed by atoms with van der Waals surface area (Å²) in [5.74, 6) is 2.54. The van der Waals surface area contributed by atoms with Crippen molar-refractivity contribution in [2.75, 3.05) is 13.1 Å². The molecule has 21 heavy (non-hydrogen) atoms. The zero-order valence-corrected chi connectivity index (χ0v) is 15.1. The summed E-state index contributed by atoms with van der Waals surface area (Å²) in [6, 6.07) is 2.34. The van der Waals surface area contributed by atoms with Gasteiger partial charge in [-0.25, -0.2) is 0 Å². The van der Waals surface area contributed by atoms with Crippen molar-refractivity contribution in [2.45, 2.75) is 91.3 Å². The molecule has 2 aliphatic rings. The molecular formula is C19H38N2. The van der Waals surface area contributed by atoms with Crippen molar-refractivity contribution in [1.82, 2.24) is 10.2 Å². The number of rotatable bonds is 5. The molecule has 1 heterocycles. The molecular weight excluding hydrogens is 256 g/mol. The van der Waals surface area contributed by atoms with Crippen molar-refractivity contribution < 1.29 is 0 Å². The standard InChI is InChI=1S/C19H38N2/c1-14(2)9-17-13-21(18-8-6-7-16(5)11-18)19(12-20-17)10-15(3)4/h14-20H,6-13H2,1-5H3. The lowest BCUT2D eigenvalue weighted by atomic mass is 9.84. The van der Waals surface area contributed by atoms with Gasteiger partial charge in [0.25, 0.3) is 0 Å². The van der Waals surface area contributed by atoms with Gasteiger partial charge >= 0.3 is 0 Å². The van der Waals surface area contributed by atoms with E-state index in [1.807, 2.05) is 0 Å². The van der Waals surface area contributed by atoms with E-state index in [2.05, 4.69) is 44.8 Å². The SMILES string of the molecule is CC(C)CC1CN(C2CCCC(C)C2)C(CC(C)C)CN1. The summed E-state index contributed by atoms with van der Waals surface area (Å²) in [7, 11) is 0. The second-order valence-corrected chi connectivity index (χ2v) is 8.64. The van der Waals surface area contributed by atoms with Gasteiger partial charge in [-0.15, -0.1) is 0 Å². The van der Waals surface area contributed by atoms with Crippen LogP contribution in [0.1, 0.15) is 73.1 Å². The molecule has 2 nitrogen and oxygen atoms in total. The fraction of sp³-hybridized carbons (Fsp3) is 1.00. The fourth-order valence-electron chi connectivity index (χ4n) is 4.53. The highest BCUT2D eigenvalue weighted by atomic mass is 15.3. The highest BCUT2D eigenvalue weighted by Gasteiger charge is 2.34. The Bertz CT molecular complexity index is 296. The van der Waals surface area contributed by atoms with E-state index < -0.39 is 0 Å².